The molecule has 2 aromatic rings. The van der Waals surface area contributed by atoms with E-state index < -0.39 is 5.82 Å². The third-order valence-corrected chi connectivity index (χ3v) is 2.29. The topological polar surface area (TPSA) is 71.8 Å². The summed E-state index contributed by atoms with van der Waals surface area (Å²) in [7, 11) is 0. The van der Waals surface area contributed by atoms with Crippen molar-refractivity contribution in [3.05, 3.63) is 36.7 Å². The Morgan fingerprint density at radius 1 is 1.42 bits per heavy atom. The lowest BCUT2D eigenvalue weighted by Gasteiger charge is -2.11. The molecule has 7 heteroatoms. The van der Waals surface area contributed by atoms with Gasteiger partial charge in [0.15, 0.2) is 5.82 Å². The number of hydrogen-bond acceptors (Lipinski definition) is 3. The molecule has 0 bridgehead atoms. The maximum Gasteiger partial charge on any atom is 0.319 e. The van der Waals surface area contributed by atoms with Gasteiger partial charge in [0, 0.05) is 11.7 Å². The SMILES string of the molecule is CC(C)NC(=O)Nc1ccc(-n2cncn2)c(F)c1. The summed E-state index contributed by atoms with van der Waals surface area (Å²) in [5.74, 6) is -0.493. The molecule has 0 saturated carbocycles. The zero-order chi connectivity index (χ0) is 13.8. The van der Waals surface area contributed by atoms with Crippen molar-refractivity contribution in [3.63, 3.8) is 0 Å². The Morgan fingerprint density at radius 2 is 2.21 bits per heavy atom. The molecule has 0 aliphatic carbocycles. The molecule has 2 amide bonds. The number of hydrogen-bond donors (Lipinski definition) is 2. The summed E-state index contributed by atoms with van der Waals surface area (Å²) in [4.78, 5) is 15.2. The van der Waals surface area contributed by atoms with E-state index in [4.69, 9.17) is 0 Å². The van der Waals surface area contributed by atoms with E-state index in [2.05, 4.69) is 20.7 Å². The second-order valence-electron chi connectivity index (χ2n) is 4.26. The summed E-state index contributed by atoms with van der Waals surface area (Å²) >= 11 is 0. The van der Waals surface area contributed by atoms with Crippen molar-refractivity contribution in [3.8, 4) is 5.69 Å². The van der Waals surface area contributed by atoms with Crippen LogP contribution in [0, 0.1) is 5.82 Å². The van der Waals surface area contributed by atoms with E-state index in [-0.39, 0.29) is 17.8 Å². The van der Waals surface area contributed by atoms with Crippen LogP contribution in [0.25, 0.3) is 5.69 Å². The van der Waals surface area contributed by atoms with Gasteiger partial charge in [-0.3, -0.25) is 0 Å². The van der Waals surface area contributed by atoms with Crippen LogP contribution in [0.5, 0.6) is 0 Å². The molecule has 0 saturated heterocycles. The molecule has 1 aromatic carbocycles. The molecule has 0 unspecified atom stereocenters. The number of nitrogens with zero attached hydrogens (tertiary/aromatic N) is 3. The fraction of sp³-hybridized carbons (Fsp3) is 0.250. The zero-order valence-electron chi connectivity index (χ0n) is 10.6. The highest BCUT2D eigenvalue weighted by atomic mass is 19.1. The fourth-order valence-electron chi connectivity index (χ4n) is 1.53. The van der Waals surface area contributed by atoms with Gasteiger partial charge in [0.1, 0.15) is 18.3 Å². The minimum atomic E-state index is -0.493. The normalized spacial score (nSPS) is 10.5. The first kappa shape index (κ1) is 13.0. The molecule has 1 heterocycles. The smallest absolute Gasteiger partial charge is 0.319 e. The van der Waals surface area contributed by atoms with Gasteiger partial charge < -0.3 is 10.6 Å². The van der Waals surface area contributed by atoms with Crippen LogP contribution in [-0.4, -0.2) is 26.8 Å². The number of carbonyl (C=O) groups is 1. The average molecular weight is 263 g/mol. The van der Waals surface area contributed by atoms with Crippen molar-refractivity contribution < 1.29 is 9.18 Å². The van der Waals surface area contributed by atoms with Crippen LogP contribution in [-0.2, 0) is 0 Å². The van der Waals surface area contributed by atoms with Gasteiger partial charge >= 0.3 is 6.03 Å². The highest BCUT2D eigenvalue weighted by Crippen LogP contribution is 2.17. The number of benzene rings is 1. The number of anilines is 1. The monoisotopic (exact) mass is 263 g/mol. The maximum absolute atomic E-state index is 13.9. The summed E-state index contributed by atoms with van der Waals surface area (Å²) in [6, 6.07) is 3.99. The van der Waals surface area contributed by atoms with Gasteiger partial charge in [-0.15, -0.1) is 0 Å². The van der Waals surface area contributed by atoms with Gasteiger partial charge in [-0.25, -0.2) is 18.9 Å². The van der Waals surface area contributed by atoms with Crippen molar-refractivity contribution in [1.29, 1.82) is 0 Å². The molecule has 19 heavy (non-hydrogen) atoms. The predicted octanol–water partition coefficient (Wildman–Crippen LogP) is 1.94. The van der Waals surface area contributed by atoms with E-state index in [0.29, 0.717) is 5.69 Å². The number of urea groups is 1. The van der Waals surface area contributed by atoms with Gasteiger partial charge in [0.2, 0.25) is 0 Å². The lowest BCUT2D eigenvalue weighted by Crippen LogP contribution is -2.34. The summed E-state index contributed by atoms with van der Waals surface area (Å²) < 4.78 is 15.2. The number of rotatable bonds is 3. The third-order valence-electron chi connectivity index (χ3n) is 2.29. The lowest BCUT2D eigenvalue weighted by atomic mass is 10.2. The van der Waals surface area contributed by atoms with E-state index >= 15 is 0 Å². The number of amides is 2. The largest absolute Gasteiger partial charge is 0.336 e. The maximum atomic E-state index is 13.9. The van der Waals surface area contributed by atoms with Gasteiger partial charge in [-0.2, -0.15) is 5.10 Å². The summed E-state index contributed by atoms with van der Waals surface area (Å²) in [6.07, 6.45) is 2.72. The molecule has 2 N–H and O–H groups in total. The Labute approximate surface area is 109 Å². The van der Waals surface area contributed by atoms with Crippen LogP contribution in [0.1, 0.15) is 13.8 Å². The second kappa shape index (κ2) is 5.47. The van der Waals surface area contributed by atoms with Crippen LogP contribution < -0.4 is 10.6 Å². The van der Waals surface area contributed by atoms with Gasteiger partial charge in [-0.1, -0.05) is 0 Å². The minimum absolute atomic E-state index is 0.0132. The predicted molar refractivity (Wildman–Crippen MR) is 68.6 cm³/mol. The standard InChI is InChI=1S/C12H14FN5O/c1-8(2)16-12(19)17-9-3-4-11(10(13)5-9)18-7-14-6-15-18/h3-8H,1-2H3,(H2,16,17,19). The zero-order valence-corrected chi connectivity index (χ0v) is 10.6. The number of carbonyl (C=O) groups excluding carboxylic acids is 1. The Kier molecular flexibility index (Phi) is 3.74. The number of aromatic nitrogens is 3. The van der Waals surface area contributed by atoms with Crippen molar-refractivity contribution in [1.82, 2.24) is 20.1 Å². The molecule has 0 radical (unpaired) electrons. The molecule has 0 spiro atoms. The van der Waals surface area contributed by atoms with Crippen molar-refractivity contribution in [2.75, 3.05) is 5.32 Å². The van der Waals surface area contributed by atoms with Crippen LogP contribution in [0.3, 0.4) is 0 Å². The third kappa shape index (κ3) is 3.27. The van der Waals surface area contributed by atoms with Gasteiger partial charge in [0.05, 0.1) is 0 Å². The van der Waals surface area contributed by atoms with Crippen LogP contribution in [0.4, 0.5) is 14.9 Å². The molecule has 6 nitrogen and oxygen atoms in total. The first-order chi connectivity index (χ1) is 9.06. The molecule has 0 fully saturated rings. The minimum Gasteiger partial charge on any atom is -0.336 e. The Balaban J connectivity index is 2.13. The average Bonchev–Trinajstić information content (AvgIpc) is 2.81. The molecule has 1 aromatic heterocycles. The first-order valence-corrected chi connectivity index (χ1v) is 5.78. The lowest BCUT2D eigenvalue weighted by molar-refractivity contribution is 0.250. The van der Waals surface area contributed by atoms with Crippen LogP contribution in [0.15, 0.2) is 30.9 Å². The van der Waals surface area contributed by atoms with E-state index in [1.807, 2.05) is 13.8 Å². The molecule has 100 valence electrons. The Hall–Kier alpha value is -2.44. The number of nitrogens with one attached hydrogen (secondary N) is 2. The van der Waals surface area contributed by atoms with Crippen molar-refractivity contribution >= 4 is 11.7 Å². The van der Waals surface area contributed by atoms with E-state index in [0.717, 1.165) is 0 Å². The Bertz CT molecular complexity index is 568. The van der Waals surface area contributed by atoms with Crippen LogP contribution >= 0.6 is 0 Å². The molecule has 0 atom stereocenters. The highest BCUT2D eigenvalue weighted by Gasteiger charge is 2.08. The summed E-state index contributed by atoms with van der Waals surface area (Å²) in [5.41, 5.74) is 0.645. The Morgan fingerprint density at radius 3 is 2.79 bits per heavy atom. The molecular weight excluding hydrogens is 249 g/mol. The van der Waals surface area contributed by atoms with Crippen molar-refractivity contribution in [2.24, 2.45) is 0 Å². The van der Waals surface area contributed by atoms with E-state index in [1.54, 1.807) is 6.07 Å². The van der Waals surface area contributed by atoms with Crippen molar-refractivity contribution in [2.45, 2.75) is 19.9 Å². The second-order valence-corrected chi connectivity index (χ2v) is 4.26. The van der Waals surface area contributed by atoms with E-state index in [1.165, 1.54) is 29.5 Å². The summed E-state index contributed by atoms with van der Waals surface area (Å²) in [5, 5.41) is 9.05. The fourth-order valence-corrected chi connectivity index (χ4v) is 1.53. The molecule has 0 aliphatic heterocycles. The molecule has 0 aliphatic rings. The quantitative estimate of drug-likeness (QED) is 0.888. The molecule has 2 rings (SSSR count). The first-order valence-electron chi connectivity index (χ1n) is 5.78. The van der Waals surface area contributed by atoms with E-state index in [9.17, 15) is 9.18 Å². The molecular formula is C12H14FN5O. The van der Waals surface area contributed by atoms with Crippen LogP contribution in [0.2, 0.25) is 0 Å². The summed E-state index contributed by atoms with van der Waals surface area (Å²) in [6.45, 7) is 3.68. The number of halogens is 1. The van der Waals surface area contributed by atoms with Gasteiger partial charge in [0.25, 0.3) is 0 Å². The highest BCUT2D eigenvalue weighted by molar-refractivity contribution is 5.89. The van der Waals surface area contributed by atoms with Gasteiger partial charge in [-0.05, 0) is 32.0 Å².